The minimum atomic E-state index is -4.67. The molecular weight excluding hydrogens is 1990 g/mol. The molecule has 16 aliphatic carbocycles. The van der Waals surface area contributed by atoms with Gasteiger partial charge in [-0.25, -0.2) is 38.0 Å². The highest BCUT2D eigenvalue weighted by molar-refractivity contribution is 5.86. The molecule has 24 fully saturated rings. The fraction of sp³-hybridized carbons (Fsp3) is 0.837. The molecule has 8 heterocycles. The standard InChI is InChI=1S/C13H15F3O4.2C13H16F2O4.3C12H14F2O4.C12H15FO4.C11H12F2O4/c1-12(2,13(14,15)16)11(18)20-8-5-3-6-7(4-5)10(17)19-9(6)8;1-12(2)6-4-5-7(12)9(18-10(5)16)8(6)19-11(17)13(3,14)15;1-12(2)6-4-5-7(12)10(16)18-8(5)9(6)19-11(17)13(3,14)15;1-11-3-5-6(4-11)9(15)17-7(5)8(11)18-10(16)12(2,13)14;1-11(18-10(16)12(2,13)14)5-3-6-7(4-5)9(15)17-8(6)11;1-11-7-4-5(3-6(7)9(15)18-11)8(11)17-10(16)12(2,13)14;1-12(2,13)11(15)17-8-5-3-6-7(4-5)10(14)16-9(6)8;1-11(12,13)10(15)17-7-4-2-5-6(3-4)9(14)16-8(5)7/h5-9H,3-4H2,1-2H3;2*5-9H,4H2,1-3H3;3*5-8H,3-4H2,1-2H3;5-9H,3-4H2,1-2H3;4-8H,2-3H2,1H3. The number of alkyl halides is 16. The van der Waals surface area contributed by atoms with Crippen molar-refractivity contribution in [2.24, 2.45) is 158 Å². The van der Waals surface area contributed by atoms with Gasteiger partial charge in [-0.1, -0.05) is 34.6 Å². The van der Waals surface area contributed by atoms with Gasteiger partial charge in [-0.15, -0.1) is 0 Å². The van der Waals surface area contributed by atoms with Gasteiger partial charge in [0, 0.05) is 136 Å². The van der Waals surface area contributed by atoms with Gasteiger partial charge in [0.2, 0.25) is 5.67 Å². The van der Waals surface area contributed by atoms with E-state index in [1.807, 2.05) is 34.6 Å². The molecule has 8 aliphatic heterocycles. The number of ether oxygens (including phenoxy) is 16. The second-order valence-electron chi connectivity index (χ2n) is 47.7. The molecule has 16 saturated carbocycles. The minimum absolute atomic E-state index is 0.000649. The molecule has 8 saturated heterocycles. The molecule has 24 rings (SSSR count). The summed E-state index contributed by atoms with van der Waals surface area (Å²) in [5, 5.41) is 0. The van der Waals surface area contributed by atoms with Crippen LogP contribution in [0.15, 0.2) is 0 Å². The molecule has 812 valence electrons. The largest absolute Gasteiger partial charge is 0.458 e. The molecule has 0 spiro atoms. The number of hydrogen-bond donors (Lipinski definition) is 0. The maximum absolute atomic E-state index is 13.4. The van der Waals surface area contributed by atoms with Crippen molar-refractivity contribution in [3.63, 3.8) is 0 Å². The van der Waals surface area contributed by atoms with Crippen molar-refractivity contribution in [1.29, 1.82) is 0 Å². The smallest absolute Gasteiger partial charge is 0.404 e. The van der Waals surface area contributed by atoms with Crippen molar-refractivity contribution in [2.45, 2.75) is 352 Å². The first kappa shape index (κ1) is 108. The third-order valence-corrected chi connectivity index (χ3v) is 36.6. The summed E-state index contributed by atoms with van der Waals surface area (Å²) in [6, 6.07) is 0. The summed E-state index contributed by atoms with van der Waals surface area (Å²) in [6.07, 6.45) is -3.85. The molecule has 0 amide bonds. The average molecular weight is 2110 g/mol. The van der Waals surface area contributed by atoms with Crippen LogP contribution in [0.2, 0.25) is 0 Å². The normalized spacial score (nSPS) is 43.1. The van der Waals surface area contributed by atoms with Gasteiger partial charge in [-0.2, -0.15) is 65.9 Å². The Kier molecular flexibility index (Phi) is 26.0. The molecule has 32 nitrogen and oxygen atoms in total. The fourth-order valence-corrected chi connectivity index (χ4v) is 29.3. The molecule has 48 heteroatoms. The van der Waals surface area contributed by atoms with Crippen LogP contribution in [0.3, 0.4) is 0 Å². The van der Waals surface area contributed by atoms with Crippen molar-refractivity contribution in [1.82, 2.24) is 0 Å². The van der Waals surface area contributed by atoms with E-state index in [9.17, 15) is 147 Å². The minimum Gasteiger partial charge on any atom is -0.458 e. The van der Waals surface area contributed by atoms with Crippen LogP contribution in [0.5, 0.6) is 0 Å². The highest BCUT2D eigenvalue weighted by atomic mass is 19.4. The first-order valence-corrected chi connectivity index (χ1v) is 49.2. The van der Waals surface area contributed by atoms with Crippen LogP contribution in [-0.4, -0.2) is 240 Å². The Morgan fingerprint density at radius 1 is 0.295 bits per heavy atom. The number of carbonyl (C=O) groups is 16. The van der Waals surface area contributed by atoms with Crippen LogP contribution >= 0.6 is 0 Å². The number of esters is 16. The maximum atomic E-state index is 13.4. The predicted octanol–water partition coefficient (Wildman–Crippen LogP) is 12.5. The lowest BCUT2D eigenvalue weighted by Crippen LogP contribution is -2.50. The Bertz CT molecular complexity index is 5240. The highest BCUT2D eigenvalue weighted by Gasteiger charge is 2.78. The second kappa shape index (κ2) is 35.3. The Labute approximate surface area is 824 Å². The first-order valence-electron chi connectivity index (χ1n) is 49.2. The number of rotatable bonds is 16. The number of halogens is 16. The third kappa shape index (κ3) is 17.9. The van der Waals surface area contributed by atoms with Crippen molar-refractivity contribution in [3.8, 4) is 0 Å². The number of fused-ring (bicyclic) bond motifs is 8. The average Bonchev–Trinajstić information content (AvgIpc) is 1.53. The Hall–Kier alpha value is -9.60. The number of carbonyl (C=O) groups excluding carboxylic acids is 16. The quantitative estimate of drug-likeness (QED) is 0.0786. The van der Waals surface area contributed by atoms with Gasteiger partial charge in [0.25, 0.3) is 0 Å². The van der Waals surface area contributed by atoms with E-state index in [2.05, 4.69) is 0 Å². The summed E-state index contributed by atoms with van der Waals surface area (Å²) in [4.78, 5) is 184. The topological polar surface area (TPSA) is 421 Å². The molecule has 16 bridgehead atoms. The summed E-state index contributed by atoms with van der Waals surface area (Å²) in [6.45, 7) is 19.9. The Balaban J connectivity index is 0.000000114. The first-order chi connectivity index (χ1) is 66.8. The van der Waals surface area contributed by atoms with E-state index in [4.69, 9.17) is 75.8 Å². The van der Waals surface area contributed by atoms with Crippen LogP contribution in [-0.2, 0) is 153 Å². The van der Waals surface area contributed by atoms with Crippen LogP contribution in [0.25, 0.3) is 0 Å². The van der Waals surface area contributed by atoms with Gasteiger partial charge in [0.15, 0.2) is 5.41 Å². The van der Waals surface area contributed by atoms with Gasteiger partial charge in [0.1, 0.15) is 96.7 Å². The molecule has 0 radical (unpaired) electrons. The van der Waals surface area contributed by atoms with Crippen molar-refractivity contribution in [2.75, 3.05) is 0 Å². The number of hydrogen-bond acceptors (Lipinski definition) is 32. The predicted molar refractivity (Wildman–Crippen MR) is 447 cm³/mol. The second-order valence-corrected chi connectivity index (χ2v) is 47.7. The Morgan fingerprint density at radius 3 is 1.12 bits per heavy atom. The van der Waals surface area contributed by atoms with Crippen LogP contribution in [0, 0.1) is 158 Å². The lowest BCUT2D eigenvalue weighted by molar-refractivity contribution is -0.231. The zero-order chi connectivity index (χ0) is 108. The van der Waals surface area contributed by atoms with Crippen LogP contribution in [0.1, 0.15) is 208 Å². The van der Waals surface area contributed by atoms with E-state index in [0.717, 1.165) is 26.7 Å². The summed E-state index contributed by atoms with van der Waals surface area (Å²) < 4.78 is 288. The third-order valence-electron chi connectivity index (χ3n) is 36.6. The molecule has 0 aromatic rings. The molecule has 24 aliphatic rings. The lowest BCUT2D eigenvalue weighted by atomic mass is 9.68. The van der Waals surface area contributed by atoms with E-state index in [-0.39, 0.29) is 201 Å². The zero-order valence-electron chi connectivity index (χ0n) is 82.4. The molecule has 40 atom stereocenters. The van der Waals surface area contributed by atoms with E-state index >= 15 is 0 Å². The molecule has 0 aromatic heterocycles. The van der Waals surface area contributed by atoms with E-state index in [1.165, 1.54) is 13.8 Å². The lowest BCUT2D eigenvalue weighted by Gasteiger charge is -2.37. The molecule has 146 heavy (non-hydrogen) atoms. The van der Waals surface area contributed by atoms with Gasteiger partial charge in [-0.05, 0) is 142 Å². The monoisotopic (exact) mass is 2110 g/mol. The van der Waals surface area contributed by atoms with Crippen molar-refractivity contribution in [3.05, 3.63) is 0 Å². The van der Waals surface area contributed by atoms with Crippen molar-refractivity contribution >= 4 is 95.5 Å². The maximum Gasteiger partial charge on any atom is 0.404 e. The molecule has 0 aromatic carbocycles. The summed E-state index contributed by atoms with van der Waals surface area (Å²) in [5.74, 6) is -35.7. The molecule has 40 unspecified atom stereocenters. The van der Waals surface area contributed by atoms with E-state index in [0.29, 0.717) is 119 Å². The zero-order valence-corrected chi connectivity index (χ0v) is 82.4. The van der Waals surface area contributed by atoms with Crippen LogP contribution < -0.4 is 0 Å². The highest BCUT2D eigenvalue weighted by Crippen LogP contribution is 2.70. The van der Waals surface area contributed by atoms with E-state index in [1.54, 1.807) is 13.8 Å². The van der Waals surface area contributed by atoms with Gasteiger partial charge in [-0.3, -0.25) is 43.2 Å². The summed E-state index contributed by atoms with van der Waals surface area (Å²) >= 11 is 0. The fourth-order valence-electron chi connectivity index (χ4n) is 29.3. The van der Waals surface area contributed by atoms with Crippen molar-refractivity contribution < 1.29 is 223 Å². The summed E-state index contributed by atoms with van der Waals surface area (Å²) in [5.41, 5.74) is -7.57. The Morgan fingerprint density at radius 2 is 0.664 bits per heavy atom. The van der Waals surface area contributed by atoms with Gasteiger partial charge in [0.05, 0.1) is 47.3 Å². The van der Waals surface area contributed by atoms with E-state index < -0.39 is 197 Å². The molecular formula is C98H116F16O32. The van der Waals surface area contributed by atoms with Crippen LogP contribution in [0.4, 0.5) is 70.2 Å². The van der Waals surface area contributed by atoms with Gasteiger partial charge >= 0.3 is 137 Å². The van der Waals surface area contributed by atoms with Gasteiger partial charge < -0.3 is 75.8 Å². The SMILES string of the molecule is CC(C)(C(=O)OC1C2CC3C(=O)OC1C3C2)C(F)(F)F.CC(C)(F)C(=O)OC1C2CC3C(=O)OC1C3C2.CC(F)(F)C(=O)OC1(C)C2CC3C(=O)OC1C3C2.CC(F)(F)C(=O)OC1C2CC3C(=O)OC1(C)C3C2.CC(F)(F)C(=O)OC1C2CC3C(=O)OC1C3C2.CC(F)(F)C(=O)OC1C2OC(=O)C3C2CC1C3(C)C.CC(F)(F)C(=O)OC1C2OC(=O)C3CC1(C)CC32.CC(F)(F)C(=O)OC1C2OC(=O)C3CC1C(C)(C)C32. The summed E-state index contributed by atoms with van der Waals surface area (Å²) in [7, 11) is 0. The molecule has 0 N–H and O–H groups in total.